The molecule has 1 saturated carbocycles. The highest BCUT2D eigenvalue weighted by molar-refractivity contribution is 7.18. The second-order valence-corrected chi connectivity index (χ2v) is 11.9. The maximum atomic E-state index is 13.6. The summed E-state index contributed by atoms with van der Waals surface area (Å²) in [6.07, 6.45) is 6.67. The van der Waals surface area contributed by atoms with Gasteiger partial charge in [0.1, 0.15) is 6.04 Å². The van der Waals surface area contributed by atoms with Crippen molar-refractivity contribution >= 4 is 50.9 Å². The van der Waals surface area contributed by atoms with E-state index in [1.54, 1.807) is 6.07 Å². The normalized spacial score (nSPS) is 15.7. The van der Waals surface area contributed by atoms with Crippen LogP contribution in [0.2, 0.25) is 5.02 Å². The van der Waals surface area contributed by atoms with Crippen molar-refractivity contribution in [2.45, 2.75) is 70.4 Å². The van der Waals surface area contributed by atoms with E-state index in [0.29, 0.717) is 36.5 Å². The predicted molar refractivity (Wildman–Crippen MR) is 154 cm³/mol. The van der Waals surface area contributed by atoms with Crippen molar-refractivity contribution in [3.05, 3.63) is 40.4 Å². The van der Waals surface area contributed by atoms with E-state index < -0.39 is 6.04 Å². The molecule has 10 heteroatoms. The van der Waals surface area contributed by atoms with Crippen LogP contribution in [0.25, 0.3) is 10.2 Å². The van der Waals surface area contributed by atoms with Crippen LogP contribution in [0.15, 0.2) is 30.4 Å². The first-order chi connectivity index (χ1) is 18.2. The quantitative estimate of drug-likeness (QED) is 0.320. The van der Waals surface area contributed by atoms with Gasteiger partial charge in [-0.2, -0.15) is 0 Å². The Hall–Kier alpha value is -2.49. The van der Waals surface area contributed by atoms with Gasteiger partial charge < -0.3 is 20.9 Å². The number of nitrogens with one attached hydrogen (secondary N) is 3. The number of rotatable bonds is 13. The summed E-state index contributed by atoms with van der Waals surface area (Å²) in [5.41, 5.74) is 1.29. The fraction of sp³-hybridized carbons (Fsp3) is 0.571. The molecule has 0 aliphatic heterocycles. The van der Waals surface area contributed by atoms with Crippen LogP contribution in [0.5, 0.6) is 0 Å². The molecule has 1 aromatic carbocycles. The Balaban J connectivity index is 1.75. The highest BCUT2D eigenvalue weighted by Gasteiger charge is 2.30. The Morgan fingerprint density at radius 1 is 1.18 bits per heavy atom. The lowest BCUT2D eigenvalue weighted by Gasteiger charge is -2.32. The van der Waals surface area contributed by atoms with Gasteiger partial charge in [-0.05, 0) is 57.5 Å². The second-order valence-electron chi connectivity index (χ2n) is 10.4. The minimum atomic E-state index is -0.768. The minimum absolute atomic E-state index is 0.167. The van der Waals surface area contributed by atoms with Gasteiger partial charge in [-0.1, -0.05) is 44.4 Å². The van der Waals surface area contributed by atoms with Gasteiger partial charge in [0.15, 0.2) is 0 Å². The summed E-state index contributed by atoms with van der Waals surface area (Å²) >= 11 is 7.60. The van der Waals surface area contributed by atoms with E-state index in [2.05, 4.69) is 27.5 Å². The lowest BCUT2D eigenvalue weighted by atomic mass is 9.83. The number of hydrogen-bond donors (Lipinski definition) is 3. The van der Waals surface area contributed by atoms with E-state index in [-0.39, 0.29) is 36.1 Å². The predicted octanol–water partition coefficient (Wildman–Crippen LogP) is 4.08. The molecule has 0 radical (unpaired) electrons. The van der Waals surface area contributed by atoms with Crippen LogP contribution >= 0.6 is 22.9 Å². The number of amides is 3. The number of carbonyl (C=O) groups is 3. The first-order valence-electron chi connectivity index (χ1n) is 13.4. The zero-order valence-corrected chi connectivity index (χ0v) is 24.2. The topological polar surface area (TPSA) is 103 Å². The van der Waals surface area contributed by atoms with Gasteiger partial charge in [-0.15, -0.1) is 11.3 Å². The Kier molecular flexibility index (Phi) is 11.6. The number of carbonyl (C=O) groups excluding carboxylic acids is 3. The molecule has 38 heavy (non-hydrogen) atoms. The molecule has 1 aliphatic carbocycles. The van der Waals surface area contributed by atoms with Crippen LogP contribution in [-0.4, -0.2) is 66.9 Å². The number of likely N-dealkylation sites (N-methyl/N-ethyl adjacent to an activating group) is 1. The van der Waals surface area contributed by atoms with Gasteiger partial charge in [0.25, 0.3) is 0 Å². The van der Waals surface area contributed by atoms with Crippen molar-refractivity contribution in [3.8, 4) is 0 Å². The van der Waals surface area contributed by atoms with Crippen molar-refractivity contribution < 1.29 is 14.4 Å². The standard InChI is InChI=1S/C28H40ClN5O3S/c1-5-9-25(35)31-22(15-26-32-21-13-12-20(29)14-24(21)38-26)28(37)33-23(19-10-7-6-8-11-19)16-30-27(36)18(2)17-34(3)4/h12-14,19,22-23H,2,5-11,15-17H2,1,3-4H3,(H,30,36)(H,31,35)(H,33,37)/t22-,23+/m0/s1. The van der Waals surface area contributed by atoms with E-state index in [9.17, 15) is 14.4 Å². The van der Waals surface area contributed by atoms with E-state index in [0.717, 1.165) is 40.9 Å². The highest BCUT2D eigenvalue weighted by atomic mass is 35.5. The van der Waals surface area contributed by atoms with E-state index in [1.807, 2.05) is 38.1 Å². The summed E-state index contributed by atoms with van der Waals surface area (Å²) in [6, 6.07) is 4.49. The molecule has 2 atom stereocenters. The molecule has 8 nitrogen and oxygen atoms in total. The summed E-state index contributed by atoms with van der Waals surface area (Å²) in [5.74, 6) is -0.385. The lowest BCUT2D eigenvalue weighted by Crippen LogP contribution is -2.55. The molecular weight excluding hydrogens is 522 g/mol. The molecule has 1 aliphatic rings. The fourth-order valence-electron chi connectivity index (χ4n) is 4.85. The van der Waals surface area contributed by atoms with Crippen LogP contribution < -0.4 is 16.0 Å². The molecule has 0 saturated heterocycles. The second kappa shape index (κ2) is 14.6. The SMILES string of the molecule is C=C(CN(C)C)C(=O)NC[C@@H](NC(=O)[C@H](Cc1nc2ccc(Cl)cc2s1)NC(=O)CCC)C1CCCCC1. The molecule has 2 aromatic rings. The average molecular weight is 562 g/mol. The summed E-state index contributed by atoms with van der Waals surface area (Å²) < 4.78 is 0.937. The molecule has 1 heterocycles. The number of halogens is 1. The van der Waals surface area contributed by atoms with Gasteiger partial charge >= 0.3 is 0 Å². The van der Waals surface area contributed by atoms with Gasteiger partial charge in [-0.25, -0.2) is 4.98 Å². The van der Waals surface area contributed by atoms with Crippen molar-refractivity contribution in [3.63, 3.8) is 0 Å². The van der Waals surface area contributed by atoms with Crippen LogP contribution in [0.4, 0.5) is 0 Å². The molecule has 1 fully saturated rings. The van der Waals surface area contributed by atoms with Gasteiger partial charge in [0, 0.05) is 42.6 Å². The third-order valence-corrected chi connectivity index (χ3v) is 8.04. The molecule has 0 bridgehead atoms. The monoisotopic (exact) mass is 561 g/mol. The minimum Gasteiger partial charge on any atom is -0.350 e. The third-order valence-electron chi connectivity index (χ3n) is 6.76. The van der Waals surface area contributed by atoms with Crippen LogP contribution in [0, 0.1) is 5.92 Å². The summed E-state index contributed by atoms with van der Waals surface area (Å²) in [6.45, 7) is 6.60. The average Bonchev–Trinajstić information content (AvgIpc) is 3.27. The Labute approximate surface area is 234 Å². The van der Waals surface area contributed by atoms with Crippen LogP contribution in [0.3, 0.4) is 0 Å². The Bertz CT molecular complexity index is 1130. The van der Waals surface area contributed by atoms with Crippen molar-refractivity contribution in [1.29, 1.82) is 0 Å². The van der Waals surface area contributed by atoms with E-state index in [1.165, 1.54) is 17.8 Å². The number of benzene rings is 1. The molecular formula is C28H40ClN5O3S. The maximum absolute atomic E-state index is 13.6. The maximum Gasteiger partial charge on any atom is 0.247 e. The fourth-order valence-corrected chi connectivity index (χ4v) is 6.14. The molecule has 3 N–H and O–H groups in total. The summed E-state index contributed by atoms with van der Waals surface area (Å²) in [5, 5.41) is 10.5. The molecule has 208 valence electrons. The highest BCUT2D eigenvalue weighted by Crippen LogP contribution is 2.28. The molecule has 3 amide bonds. The van der Waals surface area contributed by atoms with Crippen LogP contribution in [-0.2, 0) is 20.8 Å². The molecule has 3 rings (SSSR count). The Morgan fingerprint density at radius 2 is 1.92 bits per heavy atom. The smallest absolute Gasteiger partial charge is 0.247 e. The molecule has 0 unspecified atom stereocenters. The van der Waals surface area contributed by atoms with Crippen molar-refractivity contribution in [2.75, 3.05) is 27.2 Å². The molecule has 0 spiro atoms. The largest absolute Gasteiger partial charge is 0.350 e. The van der Waals surface area contributed by atoms with E-state index >= 15 is 0 Å². The Morgan fingerprint density at radius 3 is 2.61 bits per heavy atom. The zero-order chi connectivity index (χ0) is 27.7. The zero-order valence-electron chi connectivity index (χ0n) is 22.6. The number of fused-ring (bicyclic) bond motifs is 1. The third kappa shape index (κ3) is 9.06. The number of aromatic nitrogens is 1. The first-order valence-corrected chi connectivity index (χ1v) is 14.6. The first kappa shape index (κ1) is 30.1. The summed E-state index contributed by atoms with van der Waals surface area (Å²) in [4.78, 5) is 45.3. The van der Waals surface area contributed by atoms with Crippen molar-refractivity contribution in [1.82, 2.24) is 25.8 Å². The van der Waals surface area contributed by atoms with Gasteiger partial charge in [0.05, 0.1) is 15.2 Å². The van der Waals surface area contributed by atoms with Gasteiger partial charge in [-0.3, -0.25) is 14.4 Å². The number of thiazole rings is 1. The molecule has 1 aromatic heterocycles. The van der Waals surface area contributed by atoms with Crippen LogP contribution in [0.1, 0.15) is 56.9 Å². The lowest BCUT2D eigenvalue weighted by molar-refractivity contribution is -0.129. The number of nitrogens with zero attached hydrogens (tertiary/aromatic N) is 2. The number of hydrogen-bond acceptors (Lipinski definition) is 6. The van der Waals surface area contributed by atoms with Gasteiger partial charge in [0.2, 0.25) is 17.7 Å². The van der Waals surface area contributed by atoms with Crippen molar-refractivity contribution in [2.24, 2.45) is 5.92 Å². The summed E-state index contributed by atoms with van der Waals surface area (Å²) in [7, 11) is 3.77. The van der Waals surface area contributed by atoms with E-state index in [4.69, 9.17) is 11.6 Å².